The van der Waals surface area contributed by atoms with Crippen molar-refractivity contribution in [1.29, 1.82) is 0 Å². The van der Waals surface area contributed by atoms with E-state index in [9.17, 15) is 0 Å². The molecule has 0 aliphatic heterocycles. The Hall–Kier alpha value is -1.98. The monoisotopic (exact) mass is 235 g/mol. The van der Waals surface area contributed by atoms with E-state index in [1.807, 2.05) is 0 Å². The Balaban J connectivity index is 2.59. The van der Waals surface area contributed by atoms with Crippen LogP contribution in [0, 0.1) is 0 Å². The van der Waals surface area contributed by atoms with E-state index in [4.69, 9.17) is 24.1 Å². The van der Waals surface area contributed by atoms with Crippen molar-refractivity contribution in [2.75, 3.05) is 0 Å². The Morgan fingerprint density at radius 2 is 1.82 bits per heavy atom. The summed E-state index contributed by atoms with van der Waals surface area (Å²) in [6, 6.07) is -3.72. The maximum absolute atomic E-state index is 8.92. The Labute approximate surface area is 107 Å². The van der Waals surface area contributed by atoms with Crippen molar-refractivity contribution in [3.05, 3.63) is 42.3 Å². The van der Waals surface area contributed by atoms with Crippen LogP contribution in [0.25, 0.3) is 21.9 Å². The zero-order valence-corrected chi connectivity index (χ0v) is 8.29. The van der Waals surface area contributed by atoms with Gasteiger partial charge in [-0.25, -0.2) is 0 Å². The van der Waals surface area contributed by atoms with Crippen molar-refractivity contribution < 1.29 is 28.7 Å². The van der Waals surface area contributed by atoms with Crippen molar-refractivity contribution in [1.82, 2.24) is 0 Å². The standard InChI is InChI=1S/C12H9BO4/c14-13(15)17-8-5-6-12-10(7-8)9-3-1-2-4-11(9)16-12/h1-7,14-15H/i1D,2D,3D,4D,5D,6D,7D. The average Bonchev–Trinajstić information content (AvgIpc) is 2.93. The lowest BCUT2D eigenvalue weighted by atomic mass is 10.1. The summed E-state index contributed by atoms with van der Waals surface area (Å²) >= 11 is 0. The van der Waals surface area contributed by atoms with Gasteiger partial charge < -0.3 is 19.1 Å². The summed E-state index contributed by atoms with van der Waals surface area (Å²) in [5.74, 6) is -0.599. The van der Waals surface area contributed by atoms with Crippen LogP contribution in [0.1, 0.15) is 9.60 Å². The van der Waals surface area contributed by atoms with Crippen LogP contribution in [0.4, 0.5) is 0 Å². The van der Waals surface area contributed by atoms with Gasteiger partial charge in [-0.1, -0.05) is 18.1 Å². The molecule has 0 spiro atoms. The van der Waals surface area contributed by atoms with Crippen LogP contribution in [0.2, 0.25) is 0 Å². The van der Waals surface area contributed by atoms with E-state index in [2.05, 4.69) is 4.65 Å². The third kappa shape index (κ3) is 1.75. The molecule has 4 nitrogen and oxygen atoms in total. The molecular weight excluding hydrogens is 219 g/mol. The van der Waals surface area contributed by atoms with Gasteiger partial charge in [0.2, 0.25) is 0 Å². The Morgan fingerprint density at radius 1 is 1.06 bits per heavy atom. The van der Waals surface area contributed by atoms with Crippen LogP contribution in [-0.4, -0.2) is 17.4 Å². The van der Waals surface area contributed by atoms with Crippen LogP contribution < -0.4 is 4.65 Å². The zero-order valence-electron chi connectivity index (χ0n) is 15.3. The minimum Gasteiger partial charge on any atom is -0.512 e. The lowest BCUT2D eigenvalue weighted by Gasteiger charge is -2.03. The van der Waals surface area contributed by atoms with Gasteiger partial charge >= 0.3 is 7.32 Å². The molecule has 0 saturated carbocycles. The molecule has 0 saturated heterocycles. The first-order chi connectivity index (χ1) is 11.2. The number of fused-ring (bicyclic) bond motifs is 3. The van der Waals surface area contributed by atoms with E-state index in [1.54, 1.807) is 0 Å². The molecule has 2 aromatic carbocycles. The minimum atomic E-state index is -2.32. The molecule has 3 rings (SSSR count). The first-order valence-corrected chi connectivity index (χ1v) is 4.61. The van der Waals surface area contributed by atoms with Gasteiger partial charge in [0.05, 0.1) is 9.60 Å². The van der Waals surface area contributed by atoms with Crippen LogP contribution >= 0.6 is 0 Å². The second-order valence-corrected chi connectivity index (χ2v) is 3.16. The summed E-state index contributed by atoms with van der Waals surface area (Å²) in [7, 11) is -2.32. The van der Waals surface area contributed by atoms with Gasteiger partial charge in [0.1, 0.15) is 16.9 Å². The van der Waals surface area contributed by atoms with Crippen molar-refractivity contribution >= 4 is 29.3 Å². The van der Waals surface area contributed by atoms with E-state index in [0.29, 0.717) is 0 Å². The number of para-hydroxylation sites is 1. The smallest absolute Gasteiger partial charge is 0.512 e. The fourth-order valence-electron chi connectivity index (χ4n) is 1.45. The van der Waals surface area contributed by atoms with Gasteiger partial charge in [-0.05, 0) is 24.2 Å². The van der Waals surface area contributed by atoms with Gasteiger partial charge in [-0.15, -0.1) is 0 Å². The first kappa shape index (κ1) is 5.12. The predicted molar refractivity (Wildman–Crippen MR) is 64.5 cm³/mol. The second kappa shape index (κ2) is 3.80. The molecule has 0 aliphatic rings. The first-order valence-electron chi connectivity index (χ1n) is 8.11. The average molecular weight is 235 g/mol. The fourth-order valence-corrected chi connectivity index (χ4v) is 1.45. The van der Waals surface area contributed by atoms with Gasteiger partial charge in [0, 0.05) is 10.8 Å². The Bertz CT molecular complexity index is 1000. The van der Waals surface area contributed by atoms with Crippen molar-refractivity contribution in [2.24, 2.45) is 0 Å². The number of benzene rings is 2. The summed E-state index contributed by atoms with van der Waals surface area (Å²) in [4.78, 5) is 0. The molecule has 3 aromatic rings. The number of rotatable bonds is 2. The molecule has 5 heteroatoms. The molecule has 0 unspecified atom stereocenters. The SMILES string of the molecule is [2H]c1c([2H])c([2H])c2c(oc3c([2H])c([2H])c(OB(O)O)c([2H])c32)c1[2H]. The van der Waals surface area contributed by atoms with Gasteiger partial charge in [-0.2, -0.15) is 0 Å². The molecule has 0 amide bonds. The molecule has 0 radical (unpaired) electrons. The molecule has 84 valence electrons. The van der Waals surface area contributed by atoms with E-state index in [-0.39, 0.29) is 21.9 Å². The molecular formula is C12H9BO4. The van der Waals surface area contributed by atoms with E-state index < -0.39 is 55.4 Å². The number of hydrogen-bond acceptors (Lipinski definition) is 4. The molecule has 2 N–H and O–H groups in total. The van der Waals surface area contributed by atoms with Gasteiger partial charge in [0.25, 0.3) is 0 Å². The maximum Gasteiger partial charge on any atom is 0.707 e. The van der Waals surface area contributed by atoms with Crippen molar-refractivity contribution in [2.45, 2.75) is 0 Å². The third-order valence-corrected chi connectivity index (χ3v) is 2.09. The van der Waals surface area contributed by atoms with Gasteiger partial charge in [-0.3, -0.25) is 0 Å². The molecule has 0 fully saturated rings. The van der Waals surface area contributed by atoms with E-state index in [0.717, 1.165) is 0 Å². The molecule has 1 heterocycles. The second-order valence-electron chi connectivity index (χ2n) is 3.16. The molecule has 0 aliphatic carbocycles. The normalized spacial score (nSPS) is 16.7. The number of furan rings is 1. The highest BCUT2D eigenvalue weighted by Gasteiger charge is 2.13. The Kier molecular flexibility index (Phi) is 1.14. The van der Waals surface area contributed by atoms with Crippen molar-refractivity contribution in [3.63, 3.8) is 0 Å². The van der Waals surface area contributed by atoms with Crippen LogP contribution in [-0.2, 0) is 0 Å². The van der Waals surface area contributed by atoms with E-state index >= 15 is 0 Å². The summed E-state index contributed by atoms with van der Waals surface area (Å²) < 4.78 is 64.9. The molecule has 1 aromatic heterocycles. The lowest BCUT2D eigenvalue weighted by molar-refractivity contribution is 0.288. The zero-order chi connectivity index (χ0) is 17.9. The van der Waals surface area contributed by atoms with Crippen LogP contribution in [0.5, 0.6) is 5.75 Å². The molecule has 0 bridgehead atoms. The largest absolute Gasteiger partial charge is 0.707 e. The summed E-state index contributed by atoms with van der Waals surface area (Å²) in [6.45, 7) is 0. The van der Waals surface area contributed by atoms with Crippen LogP contribution in [0.3, 0.4) is 0 Å². The quantitative estimate of drug-likeness (QED) is 0.666. The third-order valence-electron chi connectivity index (χ3n) is 2.09. The summed E-state index contributed by atoms with van der Waals surface area (Å²) in [5, 5.41) is 17.6. The Morgan fingerprint density at radius 3 is 2.65 bits per heavy atom. The van der Waals surface area contributed by atoms with Crippen LogP contribution in [0.15, 0.2) is 46.7 Å². The summed E-state index contributed by atoms with van der Waals surface area (Å²) in [5.41, 5.74) is -0.522. The highest BCUT2D eigenvalue weighted by atomic mass is 16.6. The fraction of sp³-hybridized carbons (Fsp3) is 0. The number of hydrogen-bond donors (Lipinski definition) is 2. The predicted octanol–water partition coefficient (Wildman–Crippen LogP) is 1.93. The highest BCUT2D eigenvalue weighted by Crippen LogP contribution is 2.31. The molecule has 17 heavy (non-hydrogen) atoms. The molecule has 0 atom stereocenters. The van der Waals surface area contributed by atoms with E-state index in [1.165, 1.54) is 0 Å². The highest BCUT2D eigenvalue weighted by molar-refractivity contribution is 6.33. The van der Waals surface area contributed by atoms with Gasteiger partial charge in [0.15, 0.2) is 0 Å². The topological polar surface area (TPSA) is 62.8 Å². The maximum atomic E-state index is 8.92. The minimum absolute atomic E-state index is 0.133. The van der Waals surface area contributed by atoms with Crippen molar-refractivity contribution in [3.8, 4) is 5.75 Å². The lowest BCUT2D eigenvalue weighted by Crippen LogP contribution is -2.20. The summed E-state index contributed by atoms with van der Waals surface area (Å²) in [6.07, 6.45) is 0.